The molecule has 1 aliphatic heterocycles. The second kappa shape index (κ2) is 4.70. The molecule has 2 rings (SSSR count). The Morgan fingerprint density at radius 2 is 1.80 bits per heavy atom. The fourth-order valence-corrected chi connectivity index (χ4v) is 2.27. The maximum Gasteiger partial charge on any atom is 0.335 e. The van der Waals surface area contributed by atoms with Gasteiger partial charge in [0.1, 0.15) is 5.82 Å². The van der Waals surface area contributed by atoms with Crippen molar-refractivity contribution in [3.63, 3.8) is 0 Å². The summed E-state index contributed by atoms with van der Waals surface area (Å²) in [6.07, 6.45) is 0.276. The van der Waals surface area contributed by atoms with Gasteiger partial charge in [-0.15, -0.1) is 0 Å². The van der Waals surface area contributed by atoms with Crippen LogP contribution in [0.2, 0.25) is 0 Å². The zero-order valence-electron chi connectivity index (χ0n) is 11.1. The fraction of sp³-hybridized carbons (Fsp3) is 0.357. The molecule has 0 saturated carbocycles. The van der Waals surface area contributed by atoms with Crippen molar-refractivity contribution in [2.75, 3.05) is 4.90 Å². The van der Waals surface area contributed by atoms with E-state index in [1.807, 2.05) is 0 Å². The maximum absolute atomic E-state index is 13.9. The van der Waals surface area contributed by atoms with E-state index in [-0.39, 0.29) is 24.1 Å². The third-order valence-corrected chi connectivity index (χ3v) is 3.19. The Bertz CT molecular complexity index is 589. The lowest BCUT2D eigenvalue weighted by Crippen LogP contribution is -2.46. The minimum atomic E-state index is -1.27. The van der Waals surface area contributed by atoms with Gasteiger partial charge in [0.05, 0.1) is 11.3 Å². The maximum atomic E-state index is 13.9. The minimum Gasteiger partial charge on any atom is -0.478 e. The Morgan fingerprint density at radius 1 is 1.25 bits per heavy atom. The highest BCUT2D eigenvalue weighted by Gasteiger charge is 2.39. The van der Waals surface area contributed by atoms with E-state index in [4.69, 9.17) is 5.11 Å². The molecule has 0 unspecified atom stereocenters. The van der Waals surface area contributed by atoms with Crippen molar-refractivity contribution < 1.29 is 23.9 Å². The standard InChI is InChI=1S/C14H14FNO4/c1-14(2)6-11(17)16(12(18)7-14)10-4-3-8(13(19)20)5-9(10)15/h3-5H,6-7H2,1-2H3,(H,19,20). The Hall–Kier alpha value is -2.24. The number of imide groups is 1. The first-order valence-electron chi connectivity index (χ1n) is 6.10. The van der Waals surface area contributed by atoms with Gasteiger partial charge in [-0.1, -0.05) is 13.8 Å². The first-order chi connectivity index (χ1) is 9.21. The van der Waals surface area contributed by atoms with Gasteiger partial charge in [0, 0.05) is 12.8 Å². The molecule has 0 spiro atoms. The molecule has 1 saturated heterocycles. The Kier molecular flexibility index (Phi) is 3.33. The number of carbonyl (C=O) groups excluding carboxylic acids is 2. The summed E-state index contributed by atoms with van der Waals surface area (Å²) in [4.78, 5) is 35.6. The van der Waals surface area contributed by atoms with Gasteiger partial charge in [-0.3, -0.25) is 9.59 Å². The molecule has 20 heavy (non-hydrogen) atoms. The van der Waals surface area contributed by atoms with Crippen molar-refractivity contribution in [3.05, 3.63) is 29.6 Å². The summed E-state index contributed by atoms with van der Waals surface area (Å²) in [6, 6.07) is 3.12. The average Bonchev–Trinajstić information content (AvgIpc) is 2.28. The van der Waals surface area contributed by atoms with Crippen molar-refractivity contribution in [2.24, 2.45) is 5.41 Å². The van der Waals surface area contributed by atoms with Crippen LogP contribution in [-0.2, 0) is 9.59 Å². The number of nitrogens with zero attached hydrogens (tertiary/aromatic N) is 1. The molecule has 1 aromatic rings. The van der Waals surface area contributed by atoms with Crippen LogP contribution in [0.25, 0.3) is 0 Å². The number of aromatic carboxylic acids is 1. The van der Waals surface area contributed by atoms with E-state index in [9.17, 15) is 18.8 Å². The fourth-order valence-electron chi connectivity index (χ4n) is 2.27. The van der Waals surface area contributed by atoms with Gasteiger partial charge in [0.15, 0.2) is 0 Å². The summed E-state index contributed by atoms with van der Waals surface area (Å²) >= 11 is 0. The lowest BCUT2D eigenvalue weighted by molar-refractivity contribution is -0.132. The number of benzene rings is 1. The highest BCUT2D eigenvalue weighted by molar-refractivity contribution is 6.17. The summed E-state index contributed by atoms with van der Waals surface area (Å²) in [5.41, 5.74) is -0.869. The quantitative estimate of drug-likeness (QED) is 0.842. The number of anilines is 1. The highest BCUT2D eigenvalue weighted by Crippen LogP contribution is 2.35. The number of halogens is 1. The molecule has 0 bridgehead atoms. The molecule has 1 heterocycles. The minimum absolute atomic E-state index is 0.138. The molecule has 1 N–H and O–H groups in total. The predicted molar refractivity (Wildman–Crippen MR) is 68.9 cm³/mol. The van der Waals surface area contributed by atoms with Crippen molar-refractivity contribution in [3.8, 4) is 0 Å². The number of piperidine rings is 1. The molecule has 1 fully saturated rings. The van der Waals surface area contributed by atoms with Crippen molar-refractivity contribution in [1.82, 2.24) is 0 Å². The van der Waals surface area contributed by atoms with Crippen molar-refractivity contribution in [2.45, 2.75) is 26.7 Å². The van der Waals surface area contributed by atoms with Crippen LogP contribution in [0.15, 0.2) is 18.2 Å². The molecule has 0 aliphatic carbocycles. The number of hydrogen-bond acceptors (Lipinski definition) is 3. The van der Waals surface area contributed by atoms with Crippen LogP contribution in [0.1, 0.15) is 37.0 Å². The molecule has 106 valence electrons. The van der Waals surface area contributed by atoms with Crippen LogP contribution in [-0.4, -0.2) is 22.9 Å². The van der Waals surface area contributed by atoms with E-state index in [1.54, 1.807) is 13.8 Å². The summed E-state index contributed by atoms with van der Waals surface area (Å²) in [5.74, 6) is -3.12. The first kappa shape index (κ1) is 14.2. The second-order valence-corrected chi connectivity index (χ2v) is 5.61. The van der Waals surface area contributed by atoms with Gasteiger partial charge in [0.25, 0.3) is 0 Å². The van der Waals surface area contributed by atoms with Gasteiger partial charge in [-0.05, 0) is 23.6 Å². The largest absolute Gasteiger partial charge is 0.478 e. The number of carbonyl (C=O) groups is 3. The molecular formula is C14H14FNO4. The number of carboxylic acids is 1. The first-order valence-corrected chi connectivity index (χ1v) is 6.10. The van der Waals surface area contributed by atoms with Gasteiger partial charge in [0.2, 0.25) is 11.8 Å². The molecule has 1 aromatic carbocycles. The summed E-state index contributed by atoms with van der Waals surface area (Å²) in [7, 11) is 0. The number of hydrogen-bond donors (Lipinski definition) is 1. The molecule has 1 aliphatic rings. The molecule has 0 aromatic heterocycles. The second-order valence-electron chi connectivity index (χ2n) is 5.61. The molecule has 0 atom stereocenters. The third kappa shape index (κ3) is 2.54. The lowest BCUT2D eigenvalue weighted by Gasteiger charge is -2.34. The zero-order valence-corrected chi connectivity index (χ0v) is 11.1. The number of amides is 2. The van der Waals surface area contributed by atoms with Crippen LogP contribution in [0.3, 0.4) is 0 Å². The van der Waals surface area contributed by atoms with Crippen molar-refractivity contribution in [1.29, 1.82) is 0 Å². The van der Waals surface area contributed by atoms with Gasteiger partial charge < -0.3 is 5.11 Å². The Labute approximate surface area is 115 Å². The molecular weight excluding hydrogens is 265 g/mol. The zero-order chi connectivity index (χ0) is 15.1. The van der Waals surface area contributed by atoms with Gasteiger partial charge >= 0.3 is 5.97 Å². The highest BCUT2D eigenvalue weighted by atomic mass is 19.1. The topological polar surface area (TPSA) is 74.7 Å². The van der Waals surface area contributed by atoms with E-state index in [1.165, 1.54) is 6.07 Å². The lowest BCUT2D eigenvalue weighted by atomic mass is 9.81. The summed E-state index contributed by atoms with van der Waals surface area (Å²) in [5, 5.41) is 8.77. The molecule has 5 nitrogen and oxygen atoms in total. The predicted octanol–water partition coefficient (Wildman–Crippen LogP) is 2.20. The van der Waals surface area contributed by atoms with Crippen LogP contribution in [0.4, 0.5) is 10.1 Å². The van der Waals surface area contributed by atoms with Gasteiger partial charge in [-0.25, -0.2) is 14.1 Å². The third-order valence-electron chi connectivity index (χ3n) is 3.19. The van der Waals surface area contributed by atoms with Crippen LogP contribution < -0.4 is 4.90 Å². The monoisotopic (exact) mass is 279 g/mol. The van der Waals surface area contributed by atoms with E-state index in [2.05, 4.69) is 0 Å². The van der Waals surface area contributed by atoms with E-state index in [0.29, 0.717) is 0 Å². The van der Waals surface area contributed by atoms with Gasteiger partial charge in [-0.2, -0.15) is 0 Å². The normalized spacial score (nSPS) is 18.2. The van der Waals surface area contributed by atoms with E-state index < -0.39 is 29.0 Å². The smallest absolute Gasteiger partial charge is 0.335 e. The van der Waals surface area contributed by atoms with E-state index in [0.717, 1.165) is 17.0 Å². The van der Waals surface area contributed by atoms with Crippen LogP contribution >= 0.6 is 0 Å². The van der Waals surface area contributed by atoms with Crippen LogP contribution in [0.5, 0.6) is 0 Å². The average molecular weight is 279 g/mol. The molecule has 2 amide bonds. The number of carboxylic acid groups (broad SMARTS) is 1. The summed E-state index contributed by atoms with van der Waals surface area (Å²) < 4.78 is 13.9. The Balaban J connectivity index is 2.39. The van der Waals surface area contributed by atoms with Crippen LogP contribution in [0, 0.1) is 11.2 Å². The van der Waals surface area contributed by atoms with E-state index >= 15 is 0 Å². The van der Waals surface area contributed by atoms with Crippen molar-refractivity contribution >= 4 is 23.5 Å². The Morgan fingerprint density at radius 3 is 2.25 bits per heavy atom. The number of rotatable bonds is 2. The molecule has 6 heteroatoms. The molecule has 0 radical (unpaired) electrons. The SMILES string of the molecule is CC1(C)CC(=O)N(c2ccc(C(=O)O)cc2F)C(=O)C1. The summed E-state index contributed by atoms with van der Waals surface area (Å²) in [6.45, 7) is 3.59.